The normalized spacial score (nSPS) is 10.9. The Morgan fingerprint density at radius 3 is 1.12 bits per heavy atom. The highest BCUT2D eigenvalue weighted by Gasteiger charge is 2.18. The van der Waals surface area contributed by atoms with Crippen LogP contribution in [0.5, 0.6) is 0 Å². The molecule has 0 saturated heterocycles. The van der Waals surface area contributed by atoms with Gasteiger partial charge in [0.1, 0.15) is 0 Å². The van der Waals surface area contributed by atoms with Crippen molar-refractivity contribution in [3.63, 3.8) is 0 Å². The molecule has 0 radical (unpaired) electrons. The molecule has 0 bridgehead atoms. The first-order valence-corrected chi connectivity index (χ1v) is 7.54. The molecule has 0 heterocycles. The minimum absolute atomic E-state index is 0.250. The Labute approximate surface area is 110 Å². The van der Waals surface area contributed by atoms with Gasteiger partial charge >= 0.3 is 0 Å². The Kier molecular flexibility index (Phi) is 15.8. The van der Waals surface area contributed by atoms with Gasteiger partial charge < -0.3 is 9.59 Å². The fraction of sp³-hybridized carbons (Fsp3) is 1.00. The lowest BCUT2D eigenvalue weighted by Gasteiger charge is -2.34. The maximum atomic E-state index is 7.57. The molecule has 0 amide bonds. The highest BCUT2D eigenvalue weighted by atomic mass is 16.2. The standard InChI is InChI=1S/C13H30N.C2H6O/c1-5-8-11-14(4,12-9-6-2)13-10-7-3;1-2-3/h5-13H2,1-4H3;3H,2H2,1H3/q+1;. The molecule has 0 aliphatic heterocycles. The first-order chi connectivity index (χ1) is 8.10. The van der Waals surface area contributed by atoms with Crippen LogP contribution >= 0.6 is 0 Å². The molecular weight excluding hydrogens is 210 g/mol. The SMILES string of the molecule is CCCC[N+](C)(CCCC)CCCC.CCO. The third kappa shape index (κ3) is 13.9. The average molecular weight is 246 g/mol. The Morgan fingerprint density at radius 2 is 0.941 bits per heavy atom. The van der Waals surface area contributed by atoms with Crippen LogP contribution in [-0.4, -0.2) is 42.9 Å². The Morgan fingerprint density at radius 1 is 0.706 bits per heavy atom. The molecule has 0 spiro atoms. The van der Waals surface area contributed by atoms with Crippen LogP contribution in [0.25, 0.3) is 0 Å². The molecule has 0 aromatic carbocycles. The van der Waals surface area contributed by atoms with Crippen LogP contribution in [0.15, 0.2) is 0 Å². The molecule has 0 fully saturated rings. The smallest absolute Gasteiger partial charge is 0.0784 e. The fourth-order valence-electron chi connectivity index (χ4n) is 1.95. The van der Waals surface area contributed by atoms with E-state index >= 15 is 0 Å². The lowest BCUT2D eigenvalue weighted by Crippen LogP contribution is -2.46. The fourth-order valence-corrected chi connectivity index (χ4v) is 1.95. The van der Waals surface area contributed by atoms with Crippen LogP contribution in [0, 0.1) is 0 Å². The van der Waals surface area contributed by atoms with Crippen molar-refractivity contribution < 1.29 is 9.59 Å². The van der Waals surface area contributed by atoms with E-state index in [1.165, 1.54) is 62.6 Å². The van der Waals surface area contributed by atoms with E-state index in [2.05, 4.69) is 27.8 Å². The minimum Gasteiger partial charge on any atom is -0.397 e. The maximum absolute atomic E-state index is 7.57. The second-order valence-electron chi connectivity index (χ2n) is 5.17. The van der Waals surface area contributed by atoms with Crippen molar-refractivity contribution in [3.05, 3.63) is 0 Å². The topological polar surface area (TPSA) is 20.2 Å². The summed E-state index contributed by atoms with van der Waals surface area (Å²) < 4.78 is 1.32. The van der Waals surface area contributed by atoms with Crippen molar-refractivity contribution >= 4 is 0 Å². The Balaban J connectivity index is 0. The van der Waals surface area contributed by atoms with Gasteiger partial charge in [0.2, 0.25) is 0 Å². The maximum Gasteiger partial charge on any atom is 0.0784 e. The molecule has 0 aliphatic carbocycles. The third-order valence-electron chi connectivity index (χ3n) is 3.15. The summed E-state index contributed by atoms with van der Waals surface area (Å²) in [5, 5.41) is 7.57. The zero-order valence-corrected chi connectivity index (χ0v) is 13.0. The summed E-state index contributed by atoms with van der Waals surface area (Å²) in [4.78, 5) is 0. The zero-order valence-electron chi connectivity index (χ0n) is 13.0. The van der Waals surface area contributed by atoms with Crippen molar-refractivity contribution in [1.29, 1.82) is 0 Å². The second-order valence-corrected chi connectivity index (χ2v) is 5.17. The van der Waals surface area contributed by atoms with Gasteiger partial charge in [-0.15, -0.1) is 0 Å². The number of nitrogens with zero attached hydrogens (tertiary/aromatic N) is 1. The predicted octanol–water partition coefficient (Wildman–Crippen LogP) is 3.83. The molecule has 0 aromatic rings. The number of unbranched alkanes of at least 4 members (excludes halogenated alkanes) is 3. The predicted molar refractivity (Wildman–Crippen MR) is 78.3 cm³/mol. The molecule has 1 N–H and O–H groups in total. The Hall–Kier alpha value is -0.0800. The van der Waals surface area contributed by atoms with E-state index < -0.39 is 0 Å². The summed E-state index contributed by atoms with van der Waals surface area (Å²) >= 11 is 0. The van der Waals surface area contributed by atoms with Crippen molar-refractivity contribution in [1.82, 2.24) is 0 Å². The van der Waals surface area contributed by atoms with E-state index in [1.54, 1.807) is 6.92 Å². The molecular formula is C15H36NO+. The summed E-state index contributed by atoms with van der Waals surface area (Å²) in [6.45, 7) is 13.0. The lowest BCUT2D eigenvalue weighted by atomic mass is 10.2. The summed E-state index contributed by atoms with van der Waals surface area (Å²) in [5.74, 6) is 0. The minimum atomic E-state index is 0.250. The number of quaternary nitrogens is 1. The summed E-state index contributed by atoms with van der Waals surface area (Å²) in [6.07, 6.45) is 8.20. The van der Waals surface area contributed by atoms with Gasteiger partial charge in [-0.3, -0.25) is 0 Å². The summed E-state index contributed by atoms with van der Waals surface area (Å²) in [7, 11) is 2.45. The number of hydrogen-bond donors (Lipinski definition) is 1. The Bertz CT molecular complexity index is 115. The molecule has 0 aromatic heterocycles. The molecule has 17 heavy (non-hydrogen) atoms. The van der Waals surface area contributed by atoms with Crippen LogP contribution in [0.1, 0.15) is 66.2 Å². The molecule has 2 nitrogen and oxygen atoms in total. The number of aliphatic hydroxyl groups is 1. The van der Waals surface area contributed by atoms with E-state index in [0.29, 0.717) is 0 Å². The van der Waals surface area contributed by atoms with Crippen molar-refractivity contribution in [2.45, 2.75) is 66.2 Å². The number of rotatable bonds is 9. The molecule has 0 rings (SSSR count). The molecule has 0 aliphatic rings. The van der Waals surface area contributed by atoms with Crippen molar-refractivity contribution in [3.8, 4) is 0 Å². The largest absolute Gasteiger partial charge is 0.397 e. The molecule has 2 heteroatoms. The van der Waals surface area contributed by atoms with Crippen LogP contribution in [0.3, 0.4) is 0 Å². The van der Waals surface area contributed by atoms with E-state index in [0.717, 1.165) is 0 Å². The van der Waals surface area contributed by atoms with Crippen LogP contribution in [-0.2, 0) is 0 Å². The van der Waals surface area contributed by atoms with E-state index in [-0.39, 0.29) is 6.61 Å². The number of aliphatic hydroxyl groups excluding tert-OH is 1. The van der Waals surface area contributed by atoms with Crippen LogP contribution in [0.4, 0.5) is 0 Å². The molecule has 0 saturated carbocycles. The first kappa shape index (κ1) is 19.3. The van der Waals surface area contributed by atoms with Crippen LogP contribution in [0.2, 0.25) is 0 Å². The van der Waals surface area contributed by atoms with Crippen LogP contribution < -0.4 is 0 Å². The van der Waals surface area contributed by atoms with Gasteiger partial charge in [0, 0.05) is 6.61 Å². The lowest BCUT2D eigenvalue weighted by molar-refractivity contribution is -0.910. The van der Waals surface area contributed by atoms with Gasteiger partial charge in [0.05, 0.1) is 26.7 Å². The summed E-state index contributed by atoms with van der Waals surface area (Å²) in [6, 6.07) is 0. The third-order valence-corrected chi connectivity index (χ3v) is 3.15. The van der Waals surface area contributed by atoms with Gasteiger partial charge in [-0.25, -0.2) is 0 Å². The van der Waals surface area contributed by atoms with Gasteiger partial charge in [-0.05, 0) is 26.2 Å². The monoisotopic (exact) mass is 246 g/mol. The van der Waals surface area contributed by atoms with Gasteiger partial charge in [0.15, 0.2) is 0 Å². The average Bonchev–Trinajstić information content (AvgIpc) is 2.33. The summed E-state index contributed by atoms with van der Waals surface area (Å²) in [5.41, 5.74) is 0. The van der Waals surface area contributed by atoms with E-state index in [4.69, 9.17) is 5.11 Å². The highest BCUT2D eigenvalue weighted by Crippen LogP contribution is 2.10. The first-order valence-electron chi connectivity index (χ1n) is 7.54. The van der Waals surface area contributed by atoms with Crippen molar-refractivity contribution in [2.24, 2.45) is 0 Å². The number of hydrogen-bond acceptors (Lipinski definition) is 1. The zero-order chi connectivity index (χ0) is 13.6. The molecule has 0 unspecified atom stereocenters. The molecule has 106 valence electrons. The van der Waals surface area contributed by atoms with Gasteiger partial charge in [-0.2, -0.15) is 0 Å². The van der Waals surface area contributed by atoms with Crippen molar-refractivity contribution in [2.75, 3.05) is 33.3 Å². The molecule has 0 atom stereocenters. The highest BCUT2D eigenvalue weighted by molar-refractivity contribution is 4.43. The van der Waals surface area contributed by atoms with E-state index in [9.17, 15) is 0 Å². The van der Waals surface area contributed by atoms with Gasteiger partial charge in [-0.1, -0.05) is 40.0 Å². The van der Waals surface area contributed by atoms with E-state index in [1.807, 2.05) is 0 Å². The quantitative estimate of drug-likeness (QED) is 0.613. The second kappa shape index (κ2) is 14.0. The van der Waals surface area contributed by atoms with Gasteiger partial charge in [0.25, 0.3) is 0 Å².